The lowest BCUT2D eigenvalue weighted by atomic mass is 10.0. The first kappa shape index (κ1) is 22.2. The summed E-state index contributed by atoms with van der Waals surface area (Å²) >= 11 is 0. The second-order valence-electron chi connectivity index (χ2n) is 7.20. The Morgan fingerprint density at radius 1 is 1.23 bits per heavy atom. The maximum atomic E-state index is 12.5. The summed E-state index contributed by atoms with van der Waals surface area (Å²) in [4.78, 5) is 14.3. The molecule has 0 aliphatic carbocycles. The molecule has 144 valence electrons. The first-order valence-electron chi connectivity index (χ1n) is 8.89. The van der Waals surface area contributed by atoms with Gasteiger partial charge in [-0.25, -0.2) is 0 Å². The number of aryl methyl sites for hydroxylation is 2. The van der Waals surface area contributed by atoms with Crippen LogP contribution < -0.4 is 5.73 Å². The Morgan fingerprint density at radius 3 is 2.35 bits per heavy atom. The fourth-order valence-electron chi connectivity index (χ4n) is 2.76. The number of nitrogens with zero attached hydrogens (tertiary/aromatic N) is 3. The first-order chi connectivity index (χ1) is 11.8. The Kier molecular flexibility index (Phi) is 8.31. The zero-order valence-corrected chi connectivity index (χ0v) is 17.2. The first-order valence-corrected chi connectivity index (χ1v) is 8.89. The van der Waals surface area contributed by atoms with Crippen molar-refractivity contribution in [3.05, 3.63) is 52.8 Å². The molecular weight excluding hydrogens is 348 g/mol. The van der Waals surface area contributed by atoms with Crippen LogP contribution in [0.25, 0.3) is 0 Å². The van der Waals surface area contributed by atoms with Crippen LogP contribution in [0.5, 0.6) is 0 Å². The summed E-state index contributed by atoms with van der Waals surface area (Å²) in [6, 6.07) is 9.96. The van der Waals surface area contributed by atoms with Crippen molar-refractivity contribution in [3.63, 3.8) is 0 Å². The zero-order valence-electron chi connectivity index (χ0n) is 16.4. The van der Waals surface area contributed by atoms with Crippen LogP contribution in [0.2, 0.25) is 0 Å². The summed E-state index contributed by atoms with van der Waals surface area (Å²) in [5, 5.41) is 4.48. The number of aromatic nitrogens is 2. The van der Waals surface area contributed by atoms with Crippen molar-refractivity contribution in [3.8, 4) is 0 Å². The summed E-state index contributed by atoms with van der Waals surface area (Å²) in [7, 11) is 1.83. The highest BCUT2D eigenvalue weighted by Gasteiger charge is 2.14. The van der Waals surface area contributed by atoms with Gasteiger partial charge in [-0.15, -0.1) is 12.4 Å². The van der Waals surface area contributed by atoms with Gasteiger partial charge < -0.3 is 10.6 Å². The fourth-order valence-corrected chi connectivity index (χ4v) is 2.76. The van der Waals surface area contributed by atoms with Crippen LogP contribution in [0.1, 0.15) is 47.6 Å². The van der Waals surface area contributed by atoms with E-state index in [0.717, 1.165) is 23.4 Å². The molecule has 1 heterocycles. The molecule has 2 aromatic rings. The van der Waals surface area contributed by atoms with E-state index >= 15 is 0 Å². The lowest BCUT2D eigenvalue weighted by Gasteiger charge is -2.21. The highest BCUT2D eigenvalue weighted by molar-refractivity contribution is 5.94. The highest BCUT2D eigenvalue weighted by Crippen LogP contribution is 2.11. The Hall–Kier alpha value is -1.85. The molecule has 0 fully saturated rings. The smallest absolute Gasteiger partial charge is 0.253 e. The molecular formula is C20H31ClN4O. The van der Waals surface area contributed by atoms with E-state index in [0.29, 0.717) is 24.6 Å². The van der Waals surface area contributed by atoms with Crippen LogP contribution in [0.4, 0.5) is 0 Å². The number of carbonyl (C=O) groups is 1. The quantitative estimate of drug-likeness (QED) is 0.802. The molecule has 2 N–H and O–H groups in total. The standard InChI is InChI=1S/C20H30N4O.ClH/c1-14(2)19(21)10-11-23(5)20(25)18-8-6-17(7-9-18)13-24-16(4)12-15(3)22-24;/h6-9,12,14,19H,10-11,13,21H2,1-5H3;1H. The topological polar surface area (TPSA) is 64.2 Å². The van der Waals surface area contributed by atoms with Gasteiger partial charge in [0.2, 0.25) is 0 Å². The van der Waals surface area contributed by atoms with Crippen molar-refractivity contribution in [2.45, 2.75) is 46.7 Å². The predicted octanol–water partition coefficient (Wildman–Crippen LogP) is 3.42. The van der Waals surface area contributed by atoms with Gasteiger partial charge in [0.25, 0.3) is 5.91 Å². The molecule has 0 saturated carbocycles. The lowest BCUT2D eigenvalue weighted by molar-refractivity contribution is 0.0789. The number of amides is 1. The van der Waals surface area contributed by atoms with E-state index < -0.39 is 0 Å². The summed E-state index contributed by atoms with van der Waals surface area (Å²) < 4.78 is 1.98. The van der Waals surface area contributed by atoms with Crippen molar-refractivity contribution >= 4 is 18.3 Å². The minimum atomic E-state index is 0. The van der Waals surface area contributed by atoms with Crippen LogP contribution in [0.3, 0.4) is 0 Å². The lowest BCUT2D eigenvalue weighted by Crippen LogP contribution is -2.34. The molecule has 5 nitrogen and oxygen atoms in total. The fraction of sp³-hybridized carbons (Fsp3) is 0.500. The number of hydrogen-bond donors (Lipinski definition) is 1. The summed E-state index contributed by atoms with van der Waals surface area (Å²) in [6.45, 7) is 9.64. The summed E-state index contributed by atoms with van der Waals surface area (Å²) in [6.07, 6.45) is 0.815. The molecule has 6 heteroatoms. The van der Waals surface area contributed by atoms with Crippen LogP contribution in [-0.2, 0) is 6.54 Å². The predicted molar refractivity (Wildman–Crippen MR) is 109 cm³/mol. The van der Waals surface area contributed by atoms with Crippen LogP contribution in [0.15, 0.2) is 30.3 Å². The van der Waals surface area contributed by atoms with Gasteiger partial charge in [0, 0.05) is 30.9 Å². The third kappa shape index (κ3) is 5.85. The van der Waals surface area contributed by atoms with Crippen LogP contribution in [-0.4, -0.2) is 40.2 Å². The molecule has 1 aromatic heterocycles. The zero-order chi connectivity index (χ0) is 18.6. The van der Waals surface area contributed by atoms with Gasteiger partial charge in [0.15, 0.2) is 0 Å². The third-order valence-corrected chi connectivity index (χ3v) is 4.64. The SMILES string of the molecule is Cc1cc(C)n(Cc2ccc(C(=O)N(C)CCC(N)C(C)C)cc2)n1.Cl. The van der Waals surface area contributed by atoms with E-state index in [2.05, 4.69) is 31.9 Å². The van der Waals surface area contributed by atoms with Gasteiger partial charge in [-0.2, -0.15) is 5.10 Å². The second-order valence-corrected chi connectivity index (χ2v) is 7.20. The molecule has 1 aromatic carbocycles. The van der Waals surface area contributed by atoms with Gasteiger partial charge in [0.05, 0.1) is 12.2 Å². The van der Waals surface area contributed by atoms with Gasteiger partial charge in [-0.3, -0.25) is 9.48 Å². The Labute approximate surface area is 163 Å². The number of hydrogen-bond acceptors (Lipinski definition) is 3. The Bertz CT molecular complexity index is 709. The van der Waals surface area contributed by atoms with E-state index in [1.54, 1.807) is 4.90 Å². The van der Waals surface area contributed by atoms with Gasteiger partial charge in [-0.05, 0) is 49.9 Å². The largest absolute Gasteiger partial charge is 0.342 e. The molecule has 1 amide bonds. The normalized spacial score (nSPS) is 12.0. The average molecular weight is 379 g/mol. The maximum absolute atomic E-state index is 12.5. The van der Waals surface area contributed by atoms with Gasteiger partial charge in [0.1, 0.15) is 0 Å². The number of carbonyl (C=O) groups excluding carboxylic acids is 1. The minimum Gasteiger partial charge on any atom is -0.342 e. The summed E-state index contributed by atoms with van der Waals surface area (Å²) in [5.74, 6) is 0.464. The second kappa shape index (κ2) is 9.74. The third-order valence-electron chi connectivity index (χ3n) is 4.64. The molecule has 1 unspecified atom stereocenters. The molecule has 0 aliphatic rings. The number of halogens is 1. The molecule has 0 spiro atoms. The Morgan fingerprint density at radius 2 is 1.85 bits per heavy atom. The van der Waals surface area contributed by atoms with Crippen LogP contribution >= 0.6 is 12.4 Å². The van der Waals surface area contributed by atoms with Crippen molar-refractivity contribution in [2.24, 2.45) is 11.7 Å². The molecule has 0 radical (unpaired) electrons. The molecule has 0 bridgehead atoms. The molecule has 2 rings (SSSR count). The van der Waals surface area contributed by atoms with Crippen molar-refractivity contribution in [2.75, 3.05) is 13.6 Å². The Balaban J connectivity index is 0.00000338. The van der Waals surface area contributed by atoms with E-state index in [1.807, 2.05) is 42.9 Å². The highest BCUT2D eigenvalue weighted by atomic mass is 35.5. The monoisotopic (exact) mass is 378 g/mol. The van der Waals surface area contributed by atoms with E-state index in [-0.39, 0.29) is 24.4 Å². The molecule has 26 heavy (non-hydrogen) atoms. The average Bonchev–Trinajstić information content (AvgIpc) is 2.89. The minimum absolute atomic E-state index is 0. The van der Waals surface area contributed by atoms with Crippen molar-refractivity contribution in [1.29, 1.82) is 0 Å². The molecule has 1 atom stereocenters. The van der Waals surface area contributed by atoms with E-state index in [9.17, 15) is 4.79 Å². The molecule has 0 aliphatic heterocycles. The van der Waals surface area contributed by atoms with Gasteiger partial charge >= 0.3 is 0 Å². The van der Waals surface area contributed by atoms with E-state index in [1.165, 1.54) is 0 Å². The van der Waals surface area contributed by atoms with Crippen molar-refractivity contribution < 1.29 is 4.79 Å². The maximum Gasteiger partial charge on any atom is 0.253 e. The number of nitrogens with two attached hydrogens (primary N) is 1. The number of rotatable bonds is 7. The number of benzene rings is 1. The summed E-state index contributed by atoms with van der Waals surface area (Å²) in [5.41, 5.74) is 10.1. The van der Waals surface area contributed by atoms with Crippen molar-refractivity contribution in [1.82, 2.24) is 14.7 Å². The molecule has 0 saturated heterocycles. The van der Waals surface area contributed by atoms with Gasteiger partial charge in [-0.1, -0.05) is 26.0 Å². The van der Waals surface area contributed by atoms with E-state index in [4.69, 9.17) is 5.73 Å². The van der Waals surface area contributed by atoms with Crippen LogP contribution in [0, 0.1) is 19.8 Å².